The average Bonchev–Trinajstić information content (AvgIpc) is 3.67. The molecule has 1 aromatic heterocycles. The van der Waals surface area contributed by atoms with Gasteiger partial charge in [-0.05, 0) is 78.9 Å². The molecule has 17 heteroatoms. The van der Waals surface area contributed by atoms with Crippen LogP contribution in [0.1, 0.15) is 105 Å². The summed E-state index contributed by atoms with van der Waals surface area (Å²) in [5.41, 5.74) is 10.2. The van der Waals surface area contributed by atoms with E-state index in [1.165, 1.54) is 0 Å². The third-order valence-electron chi connectivity index (χ3n) is 11.2. The maximum Gasteiger partial charge on any atom is 0.234 e. The molecule has 2 aromatic carbocycles. The Bertz CT molecular complexity index is 2010. The van der Waals surface area contributed by atoms with Crippen LogP contribution in [0.3, 0.4) is 0 Å². The Balaban J connectivity index is 1.20. The summed E-state index contributed by atoms with van der Waals surface area (Å²) in [6.07, 6.45) is 2.83. The predicted molar refractivity (Wildman–Crippen MR) is 251 cm³/mol. The van der Waals surface area contributed by atoms with Gasteiger partial charge in [-0.1, -0.05) is 47.7 Å². The Labute approximate surface area is 384 Å². The monoisotopic (exact) mass is 904 g/mol. The van der Waals surface area contributed by atoms with Crippen molar-refractivity contribution in [3.05, 3.63) is 54.1 Å². The van der Waals surface area contributed by atoms with E-state index in [1.807, 2.05) is 47.1 Å². The lowest BCUT2D eigenvalue weighted by atomic mass is 9.93. The van der Waals surface area contributed by atoms with E-state index in [-0.39, 0.29) is 48.2 Å². The van der Waals surface area contributed by atoms with E-state index in [1.54, 1.807) is 27.9 Å². The van der Waals surface area contributed by atoms with Crippen molar-refractivity contribution < 1.29 is 38.2 Å². The van der Waals surface area contributed by atoms with Gasteiger partial charge >= 0.3 is 0 Å². The molecule has 0 saturated heterocycles. The van der Waals surface area contributed by atoms with Crippen LogP contribution in [-0.4, -0.2) is 121 Å². The molecule has 0 radical (unpaired) electrons. The molecule has 1 aliphatic rings. The van der Waals surface area contributed by atoms with Crippen LogP contribution in [0.5, 0.6) is 0 Å². The van der Waals surface area contributed by atoms with Crippen molar-refractivity contribution >= 4 is 35.0 Å². The molecule has 0 spiro atoms. The van der Waals surface area contributed by atoms with Crippen LogP contribution in [0.25, 0.3) is 22.5 Å². The molecule has 1 unspecified atom stereocenters. The number of anilines is 1. The molecule has 2 heterocycles. The summed E-state index contributed by atoms with van der Waals surface area (Å²) in [6, 6.07) is 15.4. The molecule has 358 valence electrons. The van der Waals surface area contributed by atoms with E-state index in [2.05, 4.69) is 63.3 Å². The number of unbranched alkanes of at least 4 members (excludes halogenated alkanes) is 1. The molecule has 0 saturated carbocycles. The second-order valence-electron chi connectivity index (χ2n) is 18.1. The third kappa shape index (κ3) is 17.3. The number of primary amides is 1. The van der Waals surface area contributed by atoms with Crippen molar-refractivity contribution in [2.75, 3.05) is 58.1 Å². The molecule has 1 aliphatic heterocycles. The topological polar surface area (TPSA) is 221 Å². The molecule has 0 bridgehead atoms. The predicted octanol–water partition coefficient (Wildman–Crippen LogP) is 4.45. The fourth-order valence-corrected chi connectivity index (χ4v) is 7.69. The zero-order valence-corrected chi connectivity index (χ0v) is 39.6. The Morgan fingerprint density at radius 3 is 2.12 bits per heavy atom. The number of carbonyl (C=O) groups is 5. The van der Waals surface area contributed by atoms with E-state index in [0.29, 0.717) is 91.1 Å². The van der Waals surface area contributed by atoms with E-state index >= 15 is 0 Å². The Kier molecular flexibility index (Phi) is 21.2. The van der Waals surface area contributed by atoms with Gasteiger partial charge in [0, 0.05) is 94.3 Å². The van der Waals surface area contributed by atoms with Crippen LogP contribution in [0, 0.1) is 0 Å². The molecule has 0 aliphatic carbocycles. The van der Waals surface area contributed by atoms with Gasteiger partial charge in [0.05, 0.1) is 43.7 Å². The number of para-hydroxylation sites is 1. The highest BCUT2D eigenvalue weighted by Crippen LogP contribution is 2.42. The Morgan fingerprint density at radius 1 is 0.769 bits per heavy atom. The highest BCUT2D eigenvalue weighted by atomic mass is 16.5. The van der Waals surface area contributed by atoms with Crippen LogP contribution in [0.15, 0.2) is 48.5 Å². The molecule has 0 fully saturated rings. The number of aryl methyl sites for hydroxylation is 1. The highest BCUT2D eigenvalue weighted by molar-refractivity contribution is 5.92. The maximum atomic E-state index is 13.2. The molecule has 6 N–H and O–H groups in total. The molecule has 65 heavy (non-hydrogen) atoms. The van der Waals surface area contributed by atoms with Gasteiger partial charge in [-0.25, -0.2) is 4.68 Å². The van der Waals surface area contributed by atoms with Crippen LogP contribution in [-0.2, 0) is 51.3 Å². The lowest BCUT2D eigenvalue weighted by Gasteiger charge is -2.36. The molecule has 2 atom stereocenters. The Hall–Kier alpha value is -5.07. The van der Waals surface area contributed by atoms with Gasteiger partial charge in [-0.2, -0.15) is 0 Å². The number of hydrogen-bond acceptors (Lipinski definition) is 13. The standard InChI is InChI=1S/C48H73N9O8/c1-34(58)15-14-28-57-45-37-18-10-11-20-39(37)56(33-35-16-8-9-17-36(35)44(45)54-55-57)43(63-7)24-23-42(61)50-25-13-12-19-38(46(49)62)53-48(5,6)40(59)21-22-41(60)51-26-29-64-31-32-65-30-27-52-47(2,3)4/h8-11,16-18,20,38,43,52-53H,12-15,19,21-33H2,1-7H3,(H2,49,62)(H,50,61)(H,51,60)/t38-,43?/m0/s1. The summed E-state index contributed by atoms with van der Waals surface area (Å²) >= 11 is 0. The van der Waals surface area contributed by atoms with Gasteiger partial charge in [0.25, 0.3) is 0 Å². The van der Waals surface area contributed by atoms with Gasteiger partial charge in [0.2, 0.25) is 17.7 Å². The molecular formula is C48H73N9O8. The molecular weight excluding hydrogens is 831 g/mol. The van der Waals surface area contributed by atoms with E-state index < -0.39 is 23.7 Å². The van der Waals surface area contributed by atoms with Crippen LogP contribution in [0.4, 0.5) is 5.69 Å². The summed E-state index contributed by atoms with van der Waals surface area (Å²) < 4.78 is 19.0. The maximum absolute atomic E-state index is 13.2. The minimum atomic E-state index is -1.09. The molecule has 3 aromatic rings. The number of rotatable bonds is 30. The number of hydrogen-bond donors (Lipinski definition) is 5. The van der Waals surface area contributed by atoms with Crippen molar-refractivity contribution in [1.29, 1.82) is 0 Å². The second kappa shape index (κ2) is 26.2. The van der Waals surface area contributed by atoms with Gasteiger partial charge in [0.15, 0.2) is 5.78 Å². The summed E-state index contributed by atoms with van der Waals surface area (Å²) in [5, 5.41) is 21.4. The largest absolute Gasteiger partial charge is 0.378 e. The number of Topliss-reactive ketones (excluding diaryl/α,β-unsaturated/α-hetero) is 2. The summed E-state index contributed by atoms with van der Waals surface area (Å²) in [7, 11) is 1.65. The Morgan fingerprint density at radius 2 is 1.43 bits per heavy atom. The number of carbonyl (C=O) groups excluding carboxylic acids is 5. The summed E-state index contributed by atoms with van der Waals surface area (Å²) in [4.78, 5) is 65.0. The second-order valence-corrected chi connectivity index (χ2v) is 18.1. The summed E-state index contributed by atoms with van der Waals surface area (Å²) in [5.74, 6) is -1.05. The van der Waals surface area contributed by atoms with E-state index in [9.17, 15) is 24.0 Å². The minimum Gasteiger partial charge on any atom is -0.378 e. The zero-order chi connectivity index (χ0) is 47.4. The number of methoxy groups -OCH3 is 1. The minimum absolute atomic E-state index is 0.00458. The number of amides is 3. The number of nitrogens with two attached hydrogens (primary N) is 1. The number of benzene rings is 2. The number of nitrogens with one attached hydrogen (secondary N) is 4. The number of aromatic nitrogens is 3. The van der Waals surface area contributed by atoms with Gasteiger partial charge in [0.1, 0.15) is 17.7 Å². The smallest absolute Gasteiger partial charge is 0.234 e. The van der Waals surface area contributed by atoms with Crippen molar-refractivity contribution in [2.24, 2.45) is 5.73 Å². The summed E-state index contributed by atoms with van der Waals surface area (Å²) in [6.45, 7) is 15.6. The number of ether oxygens (including phenoxy) is 3. The lowest BCUT2D eigenvalue weighted by molar-refractivity contribution is -0.129. The van der Waals surface area contributed by atoms with Crippen molar-refractivity contribution in [1.82, 2.24) is 36.3 Å². The first kappa shape index (κ1) is 52.6. The van der Waals surface area contributed by atoms with Gasteiger partial charge in [-0.15, -0.1) is 5.10 Å². The first-order valence-corrected chi connectivity index (χ1v) is 22.9. The van der Waals surface area contributed by atoms with E-state index in [4.69, 9.17) is 19.9 Å². The quantitative estimate of drug-likeness (QED) is 0.0585. The SMILES string of the molecule is COC(CCC(=O)NCCCC[C@H](NC(C)(C)C(=O)CCC(=O)NCCOCCOCCNC(C)(C)C)C(N)=O)N1Cc2ccccc2-c2nnn(CCCC(C)=O)c2-c2ccccc21. The number of nitrogens with zero attached hydrogens (tertiary/aromatic N) is 4. The number of ketones is 2. The number of fused-ring (bicyclic) bond motifs is 5. The van der Waals surface area contributed by atoms with Crippen molar-refractivity contribution in [2.45, 2.75) is 136 Å². The zero-order valence-electron chi connectivity index (χ0n) is 39.6. The van der Waals surface area contributed by atoms with E-state index in [0.717, 1.165) is 40.3 Å². The van der Waals surface area contributed by atoms with Gasteiger partial charge in [-0.3, -0.25) is 24.5 Å². The van der Waals surface area contributed by atoms with Crippen molar-refractivity contribution in [3.8, 4) is 22.5 Å². The normalized spacial score (nSPS) is 13.4. The van der Waals surface area contributed by atoms with Gasteiger partial charge < -0.3 is 45.6 Å². The first-order valence-electron chi connectivity index (χ1n) is 22.9. The van der Waals surface area contributed by atoms with Crippen LogP contribution >= 0.6 is 0 Å². The molecule has 17 nitrogen and oxygen atoms in total. The fraction of sp³-hybridized carbons (Fsp3) is 0.604. The molecule has 4 rings (SSSR count). The molecule has 3 amide bonds. The van der Waals surface area contributed by atoms with Crippen LogP contribution < -0.4 is 31.9 Å². The average molecular weight is 904 g/mol. The fourth-order valence-electron chi connectivity index (χ4n) is 7.69. The van der Waals surface area contributed by atoms with Crippen molar-refractivity contribution in [3.63, 3.8) is 0 Å². The lowest BCUT2D eigenvalue weighted by Crippen LogP contribution is -2.55. The highest BCUT2D eigenvalue weighted by Gasteiger charge is 2.33. The van der Waals surface area contributed by atoms with Crippen LogP contribution in [0.2, 0.25) is 0 Å². The third-order valence-corrected chi connectivity index (χ3v) is 11.2. The first-order chi connectivity index (χ1) is 31.0.